The first-order valence-electron chi connectivity index (χ1n) is 7.76. The fourth-order valence-electron chi connectivity index (χ4n) is 2.13. The highest BCUT2D eigenvalue weighted by atomic mass is 35.5. The van der Waals surface area contributed by atoms with E-state index in [9.17, 15) is 13.6 Å². The van der Waals surface area contributed by atoms with Crippen molar-refractivity contribution in [1.82, 2.24) is 4.98 Å². The quantitative estimate of drug-likeness (QED) is 0.705. The van der Waals surface area contributed by atoms with Crippen LogP contribution < -0.4 is 14.8 Å². The number of nitrogens with one attached hydrogen (secondary N) is 1. The van der Waals surface area contributed by atoms with Gasteiger partial charge in [0.15, 0.2) is 17.3 Å². The minimum absolute atomic E-state index is 0.0833. The van der Waals surface area contributed by atoms with Gasteiger partial charge in [-0.15, -0.1) is 0 Å². The van der Waals surface area contributed by atoms with Crippen molar-refractivity contribution in [1.29, 1.82) is 0 Å². The Morgan fingerprint density at radius 2 is 2.04 bits per heavy atom. The zero-order valence-electron chi connectivity index (χ0n) is 13.3. The fourth-order valence-corrected chi connectivity index (χ4v) is 2.56. The highest BCUT2D eigenvalue weighted by molar-refractivity contribution is 6.36. The van der Waals surface area contributed by atoms with Crippen LogP contribution in [0, 0.1) is 5.92 Å². The first-order valence-corrected chi connectivity index (χ1v) is 8.52. The van der Waals surface area contributed by atoms with Crippen molar-refractivity contribution in [2.24, 2.45) is 5.92 Å². The molecule has 0 atom stereocenters. The SMILES string of the molecule is O=C(Nc1ncc(Cl)cc1Cl)c1ccc(OC(F)F)c(OCC2CC2)c1. The standard InChI is InChI=1S/C17H14Cl2F2N2O3/c18-11-6-12(19)15(22-7-11)23-16(24)10-3-4-13(26-17(20)21)14(5-10)25-8-9-1-2-9/h3-7,9,17H,1-2,8H2,(H,22,23,24). The molecule has 2 aromatic rings. The van der Waals surface area contributed by atoms with Crippen LogP contribution in [-0.4, -0.2) is 24.1 Å². The number of amides is 1. The first kappa shape index (κ1) is 18.7. The summed E-state index contributed by atoms with van der Waals surface area (Å²) in [7, 11) is 0. The monoisotopic (exact) mass is 402 g/mol. The van der Waals surface area contributed by atoms with Crippen molar-refractivity contribution in [3.8, 4) is 11.5 Å². The molecule has 1 aliphatic rings. The Morgan fingerprint density at radius 1 is 1.27 bits per heavy atom. The topological polar surface area (TPSA) is 60.5 Å². The second kappa shape index (κ2) is 8.05. The summed E-state index contributed by atoms with van der Waals surface area (Å²) >= 11 is 11.7. The Balaban J connectivity index is 1.78. The van der Waals surface area contributed by atoms with Gasteiger partial charge in [-0.1, -0.05) is 23.2 Å². The molecule has 1 aliphatic carbocycles. The van der Waals surface area contributed by atoms with Crippen molar-refractivity contribution < 1.29 is 23.0 Å². The molecule has 3 rings (SSSR count). The van der Waals surface area contributed by atoms with Crippen molar-refractivity contribution >= 4 is 34.9 Å². The Hall–Kier alpha value is -2.12. The number of carbonyl (C=O) groups is 1. The summed E-state index contributed by atoms with van der Waals surface area (Å²) in [5.41, 5.74) is 0.185. The van der Waals surface area contributed by atoms with E-state index < -0.39 is 12.5 Å². The van der Waals surface area contributed by atoms with Crippen LogP contribution in [0.4, 0.5) is 14.6 Å². The van der Waals surface area contributed by atoms with Gasteiger partial charge < -0.3 is 14.8 Å². The number of carbonyl (C=O) groups excluding carboxylic acids is 1. The summed E-state index contributed by atoms with van der Waals surface area (Å²) in [4.78, 5) is 16.3. The smallest absolute Gasteiger partial charge is 0.387 e. The summed E-state index contributed by atoms with van der Waals surface area (Å²) in [5.74, 6) is -0.0279. The van der Waals surface area contributed by atoms with E-state index in [2.05, 4.69) is 15.0 Å². The van der Waals surface area contributed by atoms with Crippen LogP contribution in [0.1, 0.15) is 23.2 Å². The van der Waals surface area contributed by atoms with E-state index in [-0.39, 0.29) is 27.9 Å². The molecule has 1 amide bonds. The molecule has 5 nitrogen and oxygen atoms in total. The summed E-state index contributed by atoms with van der Waals surface area (Å²) in [6, 6.07) is 5.40. The number of rotatable bonds is 7. The Bertz CT molecular complexity index is 817. The molecular weight excluding hydrogens is 389 g/mol. The van der Waals surface area contributed by atoms with E-state index in [0.717, 1.165) is 12.8 Å². The number of pyridine rings is 1. The molecule has 1 N–H and O–H groups in total. The van der Waals surface area contributed by atoms with Gasteiger partial charge in [0.1, 0.15) is 0 Å². The van der Waals surface area contributed by atoms with Crippen LogP contribution in [0.5, 0.6) is 11.5 Å². The molecule has 1 saturated carbocycles. The molecule has 0 aliphatic heterocycles. The fraction of sp³-hybridized carbons (Fsp3) is 0.294. The van der Waals surface area contributed by atoms with Crippen LogP contribution in [0.3, 0.4) is 0 Å². The van der Waals surface area contributed by atoms with Crippen molar-refractivity contribution in [2.45, 2.75) is 19.5 Å². The lowest BCUT2D eigenvalue weighted by Gasteiger charge is -2.13. The van der Waals surface area contributed by atoms with E-state index in [1.54, 1.807) is 0 Å². The molecule has 1 aromatic carbocycles. The van der Waals surface area contributed by atoms with Gasteiger partial charge in [-0.25, -0.2) is 4.98 Å². The minimum atomic E-state index is -2.99. The predicted molar refractivity (Wildman–Crippen MR) is 93.5 cm³/mol. The Kier molecular flexibility index (Phi) is 5.78. The third-order valence-electron chi connectivity index (χ3n) is 3.63. The number of hydrogen-bond acceptors (Lipinski definition) is 4. The Labute approximate surface area is 158 Å². The van der Waals surface area contributed by atoms with E-state index >= 15 is 0 Å². The van der Waals surface area contributed by atoms with Gasteiger partial charge in [-0.3, -0.25) is 4.79 Å². The number of ether oxygens (including phenoxy) is 2. The maximum absolute atomic E-state index is 12.5. The lowest BCUT2D eigenvalue weighted by atomic mass is 10.2. The van der Waals surface area contributed by atoms with Crippen LogP contribution in [0.25, 0.3) is 0 Å². The van der Waals surface area contributed by atoms with Crippen molar-refractivity contribution in [3.63, 3.8) is 0 Å². The highest BCUT2D eigenvalue weighted by Crippen LogP contribution is 2.34. The number of alkyl halides is 2. The van der Waals surface area contributed by atoms with Crippen molar-refractivity contribution in [3.05, 3.63) is 46.1 Å². The molecule has 0 radical (unpaired) electrons. The highest BCUT2D eigenvalue weighted by Gasteiger charge is 2.23. The van der Waals surface area contributed by atoms with Gasteiger partial charge in [-0.2, -0.15) is 8.78 Å². The number of halogens is 4. The van der Waals surface area contributed by atoms with Gasteiger partial charge in [-0.05, 0) is 43.0 Å². The Morgan fingerprint density at radius 3 is 2.69 bits per heavy atom. The van der Waals surface area contributed by atoms with Crippen molar-refractivity contribution in [2.75, 3.05) is 11.9 Å². The molecule has 138 valence electrons. The molecule has 0 saturated heterocycles. The molecule has 0 unspecified atom stereocenters. The lowest BCUT2D eigenvalue weighted by molar-refractivity contribution is -0.0515. The number of aromatic nitrogens is 1. The van der Waals surface area contributed by atoms with Gasteiger partial charge in [0.2, 0.25) is 0 Å². The molecule has 1 aromatic heterocycles. The zero-order valence-corrected chi connectivity index (χ0v) is 14.9. The minimum Gasteiger partial charge on any atom is -0.489 e. The van der Waals surface area contributed by atoms with Crippen LogP contribution >= 0.6 is 23.2 Å². The molecule has 1 heterocycles. The largest absolute Gasteiger partial charge is 0.489 e. The summed E-state index contributed by atoms with van der Waals surface area (Å²) < 4.78 is 35.1. The lowest BCUT2D eigenvalue weighted by Crippen LogP contribution is -2.14. The summed E-state index contributed by atoms with van der Waals surface area (Å²) in [5, 5.41) is 3.04. The number of anilines is 1. The molecule has 26 heavy (non-hydrogen) atoms. The normalized spacial score (nSPS) is 13.6. The molecular formula is C17H14Cl2F2N2O3. The third kappa shape index (κ3) is 4.95. The predicted octanol–water partition coefficient (Wildman–Crippen LogP) is 5.03. The molecule has 9 heteroatoms. The van der Waals surface area contributed by atoms with Gasteiger partial charge in [0.05, 0.1) is 16.7 Å². The molecule has 1 fully saturated rings. The first-order chi connectivity index (χ1) is 12.4. The van der Waals surface area contributed by atoms with Crippen LogP contribution in [-0.2, 0) is 0 Å². The second-order valence-corrected chi connectivity index (χ2v) is 6.58. The number of benzene rings is 1. The average Bonchev–Trinajstić information content (AvgIpc) is 3.40. The van der Waals surface area contributed by atoms with Crippen LogP contribution in [0.2, 0.25) is 10.0 Å². The maximum Gasteiger partial charge on any atom is 0.387 e. The number of hydrogen-bond donors (Lipinski definition) is 1. The van der Waals surface area contributed by atoms with Gasteiger partial charge in [0, 0.05) is 11.8 Å². The van der Waals surface area contributed by atoms with E-state index in [0.29, 0.717) is 17.5 Å². The average molecular weight is 403 g/mol. The second-order valence-electron chi connectivity index (χ2n) is 5.73. The van der Waals surface area contributed by atoms with E-state index in [1.807, 2.05) is 0 Å². The van der Waals surface area contributed by atoms with Gasteiger partial charge >= 0.3 is 6.61 Å². The zero-order chi connectivity index (χ0) is 18.7. The molecule has 0 spiro atoms. The number of nitrogens with zero attached hydrogens (tertiary/aromatic N) is 1. The van der Waals surface area contributed by atoms with Crippen LogP contribution in [0.15, 0.2) is 30.5 Å². The maximum atomic E-state index is 12.5. The summed E-state index contributed by atoms with van der Waals surface area (Å²) in [6.07, 6.45) is 3.41. The van der Waals surface area contributed by atoms with E-state index in [1.165, 1.54) is 30.5 Å². The van der Waals surface area contributed by atoms with E-state index in [4.69, 9.17) is 27.9 Å². The third-order valence-corrected chi connectivity index (χ3v) is 4.13. The summed E-state index contributed by atoms with van der Waals surface area (Å²) in [6.45, 7) is -2.61. The molecule has 0 bridgehead atoms. The van der Waals surface area contributed by atoms with Gasteiger partial charge in [0.25, 0.3) is 5.91 Å².